The third kappa shape index (κ3) is 39.3. The van der Waals surface area contributed by atoms with Crippen LogP contribution in [-0.2, 0) is 83.7 Å². The molecule has 0 saturated heterocycles. The molecule has 0 spiro atoms. The molecule has 0 aliphatic rings. The van der Waals surface area contributed by atoms with Gasteiger partial charge >= 0.3 is 26.2 Å². The van der Waals surface area contributed by atoms with Crippen molar-refractivity contribution in [1.82, 2.24) is 0 Å². The first kappa shape index (κ1) is 47.3. The van der Waals surface area contributed by atoms with E-state index in [1.165, 1.54) is 0 Å². The van der Waals surface area contributed by atoms with Gasteiger partial charge in [0.1, 0.15) is 47.0 Å². The number of carbonyl (C=O) groups is 12. The van der Waals surface area contributed by atoms with Gasteiger partial charge in [-0.25, -0.2) is 0 Å². The topological polar surface area (TPSA) is 329 Å². The minimum Gasteiger partial charge on any atom is -0.542 e. The monoisotopic (exact) mass is 624 g/mol. The fraction of sp³-hybridized carbons (Fsp3) is 0.400. The molecule has 0 aromatic heterocycles. The third-order valence-electron chi connectivity index (χ3n) is 2.55. The van der Waals surface area contributed by atoms with Crippen LogP contribution in [0.4, 0.5) is 0 Å². The predicted octanol–water partition coefficient (Wildman–Crippen LogP) is -7.69. The SMILES string of the molecule is CC(=O)CC(=O)C(=O)[O-].CC(=O)CC(=O)C(=O)[O-].CC(=O)CC(=O)C(=O)[O-].CC(=O)CC(=O)C(=O)[O-].O.[Zr+4]. The number of aliphatic carboxylic acids is 4. The number of rotatable bonds is 12. The van der Waals surface area contributed by atoms with Crippen molar-refractivity contribution in [2.75, 3.05) is 0 Å². The fourth-order valence-corrected chi connectivity index (χ4v) is 1.19. The van der Waals surface area contributed by atoms with E-state index in [4.69, 9.17) is 0 Å². The normalized spacial score (nSPS) is 8.11. The van der Waals surface area contributed by atoms with Gasteiger partial charge in [0.05, 0.1) is 25.7 Å². The molecule has 0 atom stereocenters. The van der Waals surface area contributed by atoms with E-state index in [1.807, 2.05) is 0 Å². The van der Waals surface area contributed by atoms with Gasteiger partial charge in [-0.05, 0) is 27.7 Å². The average Bonchev–Trinajstić information content (AvgIpc) is 2.67. The minimum absolute atomic E-state index is 0. The van der Waals surface area contributed by atoms with Crippen LogP contribution in [0.25, 0.3) is 0 Å². The number of hydrogen-bond acceptors (Lipinski definition) is 16. The summed E-state index contributed by atoms with van der Waals surface area (Å²) in [6.07, 6.45) is -2.27. The van der Waals surface area contributed by atoms with Crippen molar-refractivity contribution < 1.29 is 110 Å². The molecule has 0 aliphatic heterocycles. The van der Waals surface area contributed by atoms with Crippen molar-refractivity contribution in [1.29, 1.82) is 0 Å². The number of ketones is 8. The Balaban J connectivity index is -0.0000000883. The van der Waals surface area contributed by atoms with Gasteiger partial charge in [0, 0.05) is 0 Å². The quantitative estimate of drug-likeness (QED) is 0.143. The zero-order chi connectivity index (χ0) is 29.8. The van der Waals surface area contributed by atoms with Crippen molar-refractivity contribution in [2.24, 2.45) is 0 Å². The van der Waals surface area contributed by atoms with Crippen LogP contribution in [0.3, 0.4) is 0 Å². The second-order valence-electron chi connectivity index (χ2n) is 6.36. The van der Waals surface area contributed by atoms with Crippen molar-refractivity contribution >= 4 is 70.1 Å². The van der Waals surface area contributed by atoms with Gasteiger partial charge in [-0.1, -0.05) is 0 Å². The van der Waals surface area contributed by atoms with Crippen molar-refractivity contribution in [3.05, 3.63) is 0 Å². The largest absolute Gasteiger partial charge is 4.00 e. The van der Waals surface area contributed by atoms with E-state index in [-0.39, 0.29) is 31.7 Å². The maximum atomic E-state index is 10.1. The van der Waals surface area contributed by atoms with Crippen LogP contribution >= 0.6 is 0 Å². The van der Waals surface area contributed by atoms with Gasteiger partial charge in [0.2, 0.25) is 0 Å². The maximum absolute atomic E-state index is 10.1. The van der Waals surface area contributed by atoms with Crippen LogP contribution in [0.5, 0.6) is 0 Å². The molecule has 0 bridgehead atoms. The predicted molar refractivity (Wildman–Crippen MR) is 105 cm³/mol. The van der Waals surface area contributed by atoms with Gasteiger partial charge in [0.15, 0.2) is 23.1 Å². The van der Waals surface area contributed by atoms with Gasteiger partial charge in [-0.15, -0.1) is 0 Å². The van der Waals surface area contributed by atoms with Crippen LogP contribution < -0.4 is 20.4 Å². The zero-order valence-electron chi connectivity index (χ0n) is 20.4. The molecule has 17 nitrogen and oxygen atoms in total. The van der Waals surface area contributed by atoms with Gasteiger partial charge < -0.3 is 45.1 Å². The van der Waals surface area contributed by atoms with Crippen LogP contribution in [0.15, 0.2) is 0 Å². The Bertz CT molecular complexity index is 793. The summed E-state index contributed by atoms with van der Waals surface area (Å²) in [6.45, 7) is 4.56. The molecular weight excluding hydrogens is 603 g/mol. The molecule has 0 unspecified atom stereocenters. The molecule has 0 amide bonds. The number of carboxylic acids is 4. The van der Waals surface area contributed by atoms with E-state index in [9.17, 15) is 78.0 Å². The Labute approximate surface area is 233 Å². The number of Topliss-reactive ketones (excluding diaryl/α,β-unsaturated/α-hetero) is 8. The number of carboxylic acid groups (broad SMARTS) is 4. The molecule has 0 aromatic rings. The first-order chi connectivity index (χ1) is 16.1. The average molecular weight is 626 g/mol. The van der Waals surface area contributed by atoms with Crippen LogP contribution in [-0.4, -0.2) is 75.6 Å². The Morgan fingerprint density at radius 2 is 0.474 bits per heavy atom. The third-order valence-corrected chi connectivity index (χ3v) is 2.55. The van der Waals surface area contributed by atoms with Crippen molar-refractivity contribution in [3.8, 4) is 0 Å². The molecule has 38 heavy (non-hydrogen) atoms. The van der Waals surface area contributed by atoms with Crippen LogP contribution in [0.2, 0.25) is 0 Å². The number of carbonyl (C=O) groups excluding carboxylic acids is 12. The summed E-state index contributed by atoms with van der Waals surface area (Å²) in [5.41, 5.74) is 0. The summed E-state index contributed by atoms with van der Waals surface area (Å²) < 4.78 is 0. The summed E-state index contributed by atoms with van der Waals surface area (Å²) in [7, 11) is 0. The Morgan fingerprint density at radius 1 is 0.368 bits per heavy atom. The first-order valence-corrected chi connectivity index (χ1v) is 9.09. The van der Waals surface area contributed by atoms with E-state index < -0.39 is 95.8 Å². The van der Waals surface area contributed by atoms with E-state index in [0.717, 1.165) is 27.7 Å². The standard InChI is InChI=1S/4C5H6O4.H2O.Zr/c4*1-3(6)2-4(7)5(8)9;;/h4*2H2,1H3,(H,8,9);1H2;/q;;;;;+4/p-4. The second kappa shape index (κ2) is 26.2. The summed E-state index contributed by atoms with van der Waals surface area (Å²) in [4.78, 5) is 119. The minimum atomic E-state index is -1.80. The smallest absolute Gasteiger partial charge is 0.542 e. The Morgan fingerprint density at radius 3 is 0.500 bits per heavy atom. The molecule has 0 heterocycles. The maximum Gasteiger partial charge on any atom is 4.00 e. The molecule has 0 saturated carbocycles. The number of hydrogen-bond donors (Lipinski definition) is 0. The van der Waals surface area contributed by atoms with Crippen molar-refractivity contribution in [2.45, 2.75) is 53.4 Å². The molecular formula is C20H22O17Zr. The van der Waals surface area contributed by atoms with Crippen LogP contribution in [0, 0.1) is 0 Å². The molecule has 18 heteroatoms. The molecule has 0 rings (SSSR count). The Hall–Kier alpha value is -3.92. The summed E-state index contributed by atoms with van der Waals surface area (Å²) >= 11 is 0. The van der Waals surface area contributed by atoms with Crippen LogP contribution in [0.1, 0.15) is 53.4 Å². The Kier molecular flexibility index (Phi) is 32.6. The summed E-state index contributed by atoms with van der Waals surface area (Å²) in [6, 6.07) is 0. The summed E-state index contributed by atoms with van der Waals surface area (Å²) in [5, 5.41) is 38.5. The van der Waals surface area contributed by atoms with E-state index in [0.29, 0.717) is 0 Å². The molecule has 2 N–H and O–H groups in total. The van der Waals surface area contributed by atoms with E-state index in [2.05, 4.69) is 0 Å². The zero-order valence-corrected chi connectivity index (χ0v) is 22.8. The molecule has 0 fully saturated rings. The summed E-state index contributed by atoms with van der Waals surface area (Å²) in [5.74, 6) is -13.7. The molecule has 208 valence electrons. The fourth-order valence-electron chi connectivity index (χ4n) is 1.19. The first-order valence-electron chi connectivity index (χ1n) is 9.09. The van der Waals surface area contributed by atoms with Gasteiger partial charge in [0.25, 0.3) is 0 Å². The molecule has 0 aliphatic carbocycles. The van der Waals surface area contributed by atoms with Gasteiger partial charge in [-0.3, -0.25) is 38.4 Å². The van der Waals surface area contributed by atoms with E-state index in [1.54, 1.807) is 0 Å². The second-order valence-corrected chi connectivity index (χ2v) is 6.36. The molecule has 0 aromatic carbocycles. The van der Waals surface area contributed by atoms with Gasteiger partial charge in [-0.2, -0.15) is 0 Å². The van der Waals surface area contributed by atoms with E-state index >= 15 is 0 Å². The molecule has 0 radical (unpaired) electrons. The van der Waals surface area contributed by atoms with Crippen molar-refractivity contribution in [3.63, 3.8) is 0 Å².